The van der Waals surface area contributed by atoms with Gasteiger partial charge in [-0.3, -0.25) is 4.79 Å². The van der Waals surface area contributed by atoms with Crippen LogP contribution >= 0.6 is 15.9 Å². The summed E-state index contributed by atoms with van der Waals surface area (Å²) < 4.78 is 7.22. The molecule has 7 nitrogen and oxygen atoms in total. The molecule has 1 N–H and O–H groups in total. The molecule has 0 bridgehead atoms. The van der Waals surface area contributed by atoms with Crippen LogP contribution in [0.2, 0.25) is 0 Å². The van der Waals surface area contributed by atoms with E-state index in [4.69, 9.17) is 4.74 Å². The van der Waals surface area contributed by atoms with E-state index >= 15 is 0 Å². The number of ketones is 1. The molecule has 1 aliphatic carbocycles. The number of rotatable bonds is 2. The highest BCUT2D eigenvalue weighted by molar-refractivity contribution is 9.10. The van der Waals surface area contributed by atoms with Crippen LogP contribution in [0.25, 0.3) is 0 Å². The molecule has 1 atom stereocenters. The van der Waals surface area contributed by atoms with Gasteiger partial charge in [-0.25, -0.2) is 9.48 Å². The second kappa shape index (κ2) is 6.11. The molecule has 8 heteroatoms. The van der Waals surface area contributed by atoms with Gasteiger partial charge in [-0.1, -0.05) is 28.1 Å². The van der Waals surface area contributed by atoms with Gasteiger partial charge in [-0.15, -0.1) is 5.10 Å². The third-order valence-electron chi connectivity index (χ3n) is 4.40. The summed E-state index contributed by atoms with van der Waals surface area (Å²) in [7, 11) is 1.29. The van der Waals surface area contributed by atoms with Gasteiger partial charge in [0.1, 0.15) is 6.04 Å². The van der Waals surface area contributed by atoms with Crippen LogP contribution in [0.15, 0.2) is 40.0 Å². The standard InChI is InChI=1S/C17H15BrN4O3/c1-25-16(24)15-20-17-19-11-6-3-7-12(23)13(11)14(22(17)21-15)9-4-2-5-10(18)8-9/h2,4-5,8,14H,3,6-7H2,1H3,(H,19,20,21)/t14-/m1/s1. The van der Waals surface area contributed by atoms with Gasteiger partial charge in [0.05, 0.1) is 7.11 Å². The number of carbonyl (C=O) groups excluding carboxylic acids is 2. The average Bonchev–Trinajstić information content (AvgIpc) is 3.03. The van der Waals surface area contributed by atoms with Crippen molar-refractivity contribution in [3.05, 3.63) is 51.4 Å². The predicted octanol–water partition coefficient (Wildman–Crippen LogP) is 2.85. The summed E-state index contributed by atoms with van der Waals surface area (Å²) in [4.78, 5) is 28.7. The van der Waals surface area contributed by atoms with E-state index in [0.717, 1.165) is 28.6 Å². The lowest BCUT2D eigenvalue weighted by atomic mass is 9.85. The molecular formula is C17H15BrN4O3. The number of hydrogen-bond acceptors (Lipinski definition) is 6. The van der Waals surface area contributed by atoms with E-state index in [2.05, 4.69) is 31.3 Å². The Morgan fingerprint density at radius 2 is 2.24 bits per heavy atom. The molecule has 0 unspecified atom stereocenters. The Kier molecular flexibility index (Phi) is 3.91. The number of benzene rings is 1. The molecule has 0 spiro atoms. The van der Waals surface area contributed by atoms with E-state index in [0.29, 0.717) is 17.9 Å². The number of carbonyl (C=O) groups is 2. The molecule has 1 aliphatic heterocycles. The van der Waals surface area contributed by atoms with Crippen LogP contribution in [0, 0.1) is 0 Å². The topological polar surface area (TPSA) is 86.1 Å². The highest BCUT2D eigenvalue weighted by Crippen LogP contribution is 2.40. The van der Waals surface area contributed by atoms with Crippen LogP contribution in [-0.2, 0) is 9.53 Å². The highest BCUT2D eigenvalue weighted by Gasteiger charge is 2.37. The van der Waals surface area contributed by atoms with Crippen LogP contribution in [0.5, 0.6) is 0 Å². The summed E-state index contributed by atoms with van der Waals surface area (Å²) in [5.74, 6) is -0.100. The van der Waals surface area contributed by atoms with Crippen molar-refractivity contribution in [3.8, 4) is 0 Å². The summed E-state index contributed by atoms with van der Waals surface area (Å²) in [5, 5.41) is 7.47. The van der Waals surface area contributed by atoms with Gasteiger partial charge in [0.2, 0.25) is 5.95 Å². The molecule has 2 aromatic rings. The fourth-order valence-corrected chi connectivity index (χ4v) is 3.74. The first-order valence-corrected chi connectivity index (χ1v) is 8.71. The van der Waals surface area contributed by atoms with Crippen molar-refractivity contribution >= 4 is 33.6 Å². The molecule has 0 saturated heterocycles. The maximum atomic E-state index is 12.6. The first-order valence-electron chi connectivity index (χ1n) is 7.92. The number of nitrogens with one attached hydrogen (secondary N) is 1. The maximum Gasteiger partial charge on any atom is 0.378 e. The minimum atomic E-state index is -0.610. The normalized spacial score (nSPS) is 19.1. The Morgan fingerprint density at radius 3 is 3.00 bits per heavy atom. The minimum Gasteiger partial charge on any atom is -0.463 e. The quantitative estimate of drug-likeness (QED) is 0.777. The molecule has 128 valence electrons. The SMILES string of the molecule is COC(=O)c1nc2n(n1)[C@H](c1cccc(Br)c1)C1=C(CCCC1=O)N2. The molecule has 0 fully saturated rings. The van der Waals surface area contributed by atoms with Crippen molar-refractivity contribution in [1.82, 2.24) is 14.8 Å². The molecule has 1 aromatic heterocycles. The van der Waals surface area contributed by atoms with Gasteiger partial charge in [0, 0.05) is 22.2 Å². The highest BCUT2D eigenvalue weighted by atomic mass is 79.9. The van der Waals surface area contributed by atoms with E-state index < -0.39 is 12.0 Å². The number of esters is 1. The molecule has 4 rings (SSSR count). The Balaban J connectivity index is 1.91. The zero-order valence-corrected chi connectivity index (χ0v) is 15.0. The largest absolute Gasteiger partial charge is 0.463 e. The van der Waals surface area contributed by atoms with Crippen LogP contribution in [0.4, 0.5) is 5.95 Å². The lowest BCUT2D eigenvalue weighted by Gasteiger charge is -2.32. The smallest absolute Gasteiger partial charge is 0.378 e. The van der Waals surface area contributed by atoms with Gasteiger partial charge in [-0.05, 0) is 30.5 Å². The number of aromatic nitrogens is 3. The summed E-state index contributed by atoms with van der Waals surface area (Å²) in [6, 6.07) is 7.31. The number of methoxy groups -OCH3 is 1. The van der Waals surface area contributed by atoms with E-state index in [1.54, 1.807) is 4.68 Å². The van der Waals surface area contributed by atoms with Crippen LogP contribution in [0.1, 0.15) is 41.5 Å². The number of ether oxygens (including phenoxy) is 1. The minimum absolute atomic E-state index is 0.0303. The molecule has 2 aliphatic rings. The average molecular weight is 403 g/mol. The maximum absolute atomic E-state index is 12.6. The van der Waals surface area contributed by atoms with Crippen molar-refractivity contribution < 1.29 is 14.3 Å². The molecule has 0 saturated carbocycles. The van der Waals surface area contributed by atoms with Crippen molar-refractivity contribution in [3.63, 3.8) is 0 Å². The number of hydrogen-bond donors (Lipinski definition) is 1. The number of nitrogens with zero attached hydrogens (tertiary/aromatic N) is 3. The number of allylic oxidation sites excluding steroid dienone is 2. The third-order valence-corrected chi connectivity index (χ3v) is 4.89. The van der Waals surface area contributed by atoms with Gasteiger partial charge >= 0.3 is 5.97 Å². The molecule has 1 aromatic carbocycles. The summed E-state index contributed by atoms with van der Waals surface area (Å²) in [5.41, 5.74) is 2.46. The van der Waals surface area contributed by atoms with E-state index in [-0.39, 0.29) is 11.6 Å². The number of fused-ring (bicyclic) bond motifs is 1. The van der Waals surface area contributed by atoms with Crippen LogP contribution < -0.4 is 5.32 Å². The molecular weight excluding hydrogens is 388 g/mol. The second-order valence-electron chi connectivity index (χ2n) is 5.95. The third kappa shape index (κ3) is 2.66. The van der Waals surface area contributed by atoms with Gasteiger partial charge in [-0.2, -0.15) is 4.98 Å². The summed E-state index contributed by atoms with van der Waals surface area (Å²) in [6.45, 7) is 0. The first-order chi connectivity index (χ1) is 12.1. The number of halogens is 1. The van der Waals surface area contributed by atoms with Crippen molar-refractivity contribution in [1.29, 1.82) is 0 Å². The number of Topliss-reactive ketones (excluding diaryl/α,β-unsaturated/α-hetero) is 1. The van der Waals surface area contributed by atoms with Crippen molar-refractivity contribution in [2.75, 3.05) is 12.4 Å². The van der Waals surface area contributed by atoms with Crippen molar-refractivity contribution in [2.24, 2.45) is 0 Å². The van der Waals surface area contributed by atoms with Gasteiger partial charge in [0.25, 0.3) is 5.82 Å². The summed E-state index contributed by atoms with van der Waals surface area (Å²) in [6.07, 6.45) is 2.08. The second-order valence-corrected chi connectivity index (χ2v) is 6.86. The fraction of sp³-hybridized carbons (Fsp3) is 0.294. The van der Waals surface area contributed by atoms with Crippen LogP contribution in [-0.4, -0.2) is 33.6 Å². The lowest BCUT2D eigenvalue weighted by Crippen LogP contribution is -2.31. The Bertz CT molecular complexity index is 918. The van der Waals surface area contributed by atoms with E-state index in [1.807, 2.05) is 24.3 Å². The number of anilines is 1. The Morgan fingerprint density at radius 1 is 1.40 bits per heavy atom. The molecule has 25 heavy (non-hydrogen) atoms. The first kappa shape index (κ1) is 16.0. The lowest BCUT2D eigenvalue weighted by molar-refractivity contribution is -0.116. The monoisotopic (exact) mass is 402 g/mol. The Hall–Kier alpha value is -2.48. The fourth-order valence-electron chi connectivity index (χ4n) is 3.32. The zero-order chi connectivity index (χ0) is 17.6. The predicted molar refractivity (Wildman–Crippen MR) is 93.1 cm³/mol. The Labute approximate surface area is 152 Å². The van der Waals surface area contributed by atoms with Gasteiger partial charge < -0.3 is 10.1 Å². The molecule has 0 radical (unpaired) electrons. The van der Waals surface area contributed by atoms with E-state index in [1.165, 1.54) is 7.11 Å². The van der Waals surface area contributed by atoms with E-state index in [9.17, 15) is 9.59 Å². The van der Waals surface area contributed by atoms with Crippen LogP contribution in [0.3, 0.4) is 0 Å². The summed E-state index contributed by atoms with van der Waals surface area (Å²) >= 11 is 3.48. The van der Waals surface area contributed by atoms with Crippen molar-refractivity contribution in [2.45, 2.75) is 25.3 Å². The molecule has 2 heterocycles. The molecule has 0 amide bonds. The van der Waals surface area contributed by atoms with Gasteiger partial charge in [0.15, 0.2) is 5.78 Å². The zero-order valence-electron chi connectivity index (χ0n) is 13.5.